The Morgan fingerprint density at radius 2 is 1.56 bits per heavy atom. The Kier molecular flexibility index (Phi) is 9.04. The molecule has 1 heterocycles. The molecule has 13 nitrogen and oxygen atoms in total. The Balaban J connectivity index is 1.14. The molecule has 0 bridgehead atoms. The second kappa shape index (κ2) is 13.5. The van der Waals surface area contributed by atoms with Crippen molar-refractivity contribution in [1.29, 1.82) is 0 Å². The summed E-state index contributed by atoms with van der Waals surface area (Å²) in [4.78, 5) is 63.1. The minimum atomic E-state index is -1.34. The lowest BCUT2D eigenvalue weighted by Gasteiger charge is -2.25. The van der Waals surface area contributed by atoms with Crippen LogP contribution in [0.1, 0.15) is 22.3 Å². The fourth-order valence-corrected chi connectivity index (χ4v) is 6.29. The number of amides is 4. The first-order valence-corrected chi connectivity index (χ1v) is 15.4. The van der Waals surface area contributed by atoms with Gasteiger partial charge in [-0.3, -0.25) is 29.3 Å². The molecule has 4 atom stereocenters. The first-order valence-electron chi connectivity index (χ1n) is 15.4. The van der Waals surface area contributed by atoms with E-state index in [9.17, 15) is 34.4 Å². The van der Waals surface area contributed by atoms with Crippen molar-refractivity contribution in [2.75, 3.05) is 0 Å². The normalized spacial score (nSPS) is 17.9. The molecular formula is C35H33N5O8. The molecule has 13 heteroatoms. The molecule has 48 heavy (non-hydrogen) atoms. The van der Waals surface area contributed by atoms with E-state index in [1.54, 1.807) is 0 Å². The van der Waals surface area contributed by atoms with Gasteiger partial charge in [0.25, 0.3) is 11.8 Å². The number of phenols is 1. The number of benzene rings is 4. The van der Waals surface area contributed by atoms with Crippen LogP contribution in [0.4, 0.5) is 5.69 Å². The number of nitro groups is 1. The summed E-state index contributed by atoms with van der Waals surface area (Å²) in [5, 5.41) is 31.4. The smallest absolute Gasteiger partial charge is 0.310 e. The Labute approximate surface area is 274 Å². The second-order valence-electron chi connectivity index (χ2n) is 12.0. The second-order valence-corrected chi connectivity index (χ2v) is 12.0. The summed E-state index contributed by atoms with van der Waals surface area (Å²) in [6, 6.07) is 22.3. The number of hydrogen-bond donors (Lipinski definition) is 5. The highest BCUT2D eigenvalue weighted by Gasteiger charge is 2.51. The van der Waals surface area contributed by atoms with Crippen LogP contribution in [0.5, 0.6) is 5.75 Å². The quantitative estimate of drug-likeness (QED) is 0.0867. The molecular weight excluding hydrogens is 618 g/mol. The summed E-state index contributed by atoms with van der Waals surface area (Å²) in [6.07, 6.45) is -1.49. The zero-order chi connectivity index (χ0) is 33.9. The Bertz CT molecular complexity index is 1900. The SMILES string of the molecule is NC(=O)[C@H](NC(=O)[C@@H](Cc1ccc(O)c([N+](=O)[O-])c1)NC(=O)[C@H]1O[C@@H]1C(=O)NCc1cccc2ccccc12)C1Cc2ccccc2C1. The van der Waals surface area contributed by atoms with Crippen LogP contribution >= 0.6 is 0 Å². The van der Waals surface area contributed by atoms with Gasteiger partial charge in [0.15, 0.2) is 18.0 Å². The Morgan fingerprint density at radius 1 is 0.896 bits per heavy atom. The van der Waals surface area contributed by atoms with Gasteiger partial charge in [0.1, 0.15) is 12.1 Å². The van der Waals surface area contributed by atoms with Crippen molar-refractivity contribution in [2.45, 2.75) is 50.1 Å². The fourth-order valence-electron chi connectivity index (χ4n) is 6.29. The summed E-state index contributed by atoms with van der Waals surface area (Å²) in [6.45, 7) is 0.207. The van der Waals surface area contributed by atoms with Crippen molar-refractivity contribution in [3.8, 4) is 5.75 Å². The summed E-state index contributed by atoms with van der Waals surface area (Å²) in [5.74, 6) is -3.65. The monoisotopic (exact) mass is 651 g/mol. The molecule has 4 amide bonds. The predicted octanol–water partition coefficient (Wildman–Crippen LogP) is 1.95. The van der Waals surface area contributed by atoms with E-state index in [0.29, 0.717) is 12.8 Å². The van der Waals surface area contributed by atoms with Crippen molar-refractivity contribution >= 4 is 40.1 Å². The maximum Gasteiger partial charge on any atom is 0.310 e. The van der Waals surface area contributed by atoms with Crippen molar-refractivity contribution in [2.24, 2.45) is 11.7 Å². The van der Waals surface area contributed by atoms with Gasteiger partial charge in [0, 0.05) is 19.0 Å². The first-order chi connectivity index (χ1) is 23.1. The van der Waals surface area contributed by atoms with Gasteiger partial charge in [-0.15, -0.1) is 0 Å². The van der Waals surface area contributed by atoms with Crippen LogP contribution in [-0.2, 0) is 49.7 Å². The van der Waals surface area contributed by atoms with Gasteiger partial charge in [0.2, 0.25) is 11.8 Å². The van der Waals surface area contributed by atoms with Crippen molar-refractivity contribution < 1.29 is 33.9 Å². The lowest BCUT2D eigenvalue weighted by molar-refractivity contribution is -0.385. The number of nitrogens with two attached hydrogens (primary N) is 1. The van der Waals surface area contributed by atoms with Gasteiger partial charge < -0.3 is 31.5 Å². The molecule has 0 spiro atoms. The van der Waals surface area contributed by atoms with Crippen LogP contribution in [0, 0.1) is 16.0 Å². The topological polar surface area (TPSA) is 206 Å². The number of aromatic hydroxyl groups is 1. The van der Waals surface area contributed by atoms with E-state index < -0.39 is 64.3 Å². The number of carbonyl (C=O) groups excluding carboxylic acids is 4. The Morgan fingerprint density at radius 3 is 2.27 bits per heavy atom. The molecule has 1 fully saturated rings. The molecule has 1 aliphatic carbocycles. The van der Waals surface area contributed by atoms with E-state index in [0.717, 1.165) is 39.6 Å². The highest BCUT2D eigenvalue weighted by molar-refractivity contribution is 5.98. The van der Waals surface area contributed by atoms with Crippen LogP contribution in [0.2, 0.25) is 0 Å². The van der Waals surface area contributed by atoms with Crippen LogP contribution in [0.25, 0.3) is 10.8 Å². The largest absolute Gasteiger partial charge is 0.502 e. The predicted molar refractivity (Wildman–Crippen MR) is 173 cm³/mol. The van der Waals surface area contributed by atoms with Crippen LogP contribution < -0.4 is 21.7 Å². The lowest BCUT2D eigenvalue weighted by atomic mass is 9.95. The molecule has 0 radical (unpaired) electrons. The van der Waals surface area contributed by atoms with Crippen LogP contribution in [-0.4, -0.2) is 58.0 Å². The number of nitrogens with one attached hydrogen (secondary N) is 3. The third-order valence-electron chi connectivity index (χ3n) is 8.81. The highest BCUT2D eigenvalue weighted by Crippen LogP contribution is 2.30. The average molecular weight is 652 g/mol. The van der Waals surface area contributed by atoms with Gasteiger partial charge in [-0.1, -0.05) is 72.8 Å². The van der Waals surface area contributed by atoms with Gasteiger partial charge in [-0.2, -0.15) is 0 Å². The van der Waals surface area contributed by atoms with Gasteiger partial charge in [-0.05, 0) is 57.9 Å². The zero-order valence-electron chi connectivity index (χ0n) is 25.6. The number of nitro benzene ring substituents is 1. The number of epoxide rings is 1. The van der Waals surface area contributed by atoms with E-state index in [1.165, 1.54) is 6.07 Å². The van der Waals surface area contributed by atoms with E-state index >= 15 is 0 Å². The summed E-state index contributed by atoms with van der Waals surface area (Å²) in [5.41, 5.74) is 8.37. The molecule has 0 unspecified atom stereocenters. The van der Waals surface area contributed by atoms with Crippen molar-refractivity contribution in [3.63, 3.8) is 0 Å². The minimum Gasteiger partial charge on any atom is -0.502 e. The molecule has 1 aliphatic heterocycles. The number of phenolic OH excluding ortho intramolecular Hbond substituents is 1. The van der Waals surface area contributed by atoms with E-state index in [4.69, 9.17) is 10.5 Å². The zero-order valence-corrected chi connectivity index (χ0v) is 25.6. The minimum absolute atomic E-state index is 0.207. The number of carbonyl (C=O) groups is 4. The maximum atomic E-state index is 13.7. The van der Waals surface area contributed by atoms with Gasteiger partial charge in [0.05, 0.1) is 4.92 Å². The Hall–Kier alpha value is -5.82. The molecule has 1 saturated heterocycles. The van der Waals surface area contributed by atoms with Crippen molar-refractivity contribution in [1.82, 2.24) is 16.0 Å². The number of ether oxygens (including phenoxy) is 1. The van der Waals surface area contributed by atoms with E-state index in [1.807, 2.05) is 66.7 Å². The average Bonchev–Trinajstić information content (AvgIpc) is 3.77. The van der Waals surface area contributed by atoms with Crippen LogP contribution in [0.3, 0.4) is 0 Å². The molecule has 0 saturated carbocycles. The molecule has 4 aromatic carbocycles. The molecule has 246 valence electrons. The number of fused-ring (bicyclic) bond motifs is 2. The standard InChI is InChI=1S/C35H33N5O8/c36-32(42)29(24-16-21-7-1-2-8-22(21)17-24)39-33(43)26(14-19-12-13-28(41)27(15-19)40(46)47)38-35(45)31-30(48-31)34(44)37-18-23-10-5-9-20-6-3-4-11-25(20)23/h1-13,15,24,26,29-31,41H,14,16-18H2,(H2,36,42)(H,37,44)(H,38,45)(H,39,43)/t26-,29-,30+,31+/m1/s1. The molecule has 0 aromatic heterocycles. The molecule has 6 rings (SSSR count). The number of primary amides is 1. The lowest BCUT2D eigenvalue weighted by Crippen LogP contribution is -2.56. The van der Waals surface area contributed by atoms with Crippen LogP contribution in [0.15, 0.2) is 84.9 Å². The number of hydrogen-bond acceptors (Lipinski definition) is 8. The van der Waals surface area contributed by atoms with E-state index in [2.05, 4.69) is 16.0 Å². The van der Waals surface area contributed by atoms with Gasteiger partial charge in [-0.25, -0.2) is 0 Å². The number of nitrogens with zero attached hydrogens (tertiary/aromatic N) is 1. The van der Waals surface area contributed by atoms with Crippen molar-refractivity contribution in [3.05, 3.63) is 117 Å². The highest BCUT2D eigenvalue weighted by atomic mass is 16.6. The molecule has 4 aromatic rings. The molecule has 6 N–H and O–H groups in total. The fraction of sp³-hybridized carbons (Fsp3) is 0.257. The maximum absolute atomic E-state index is 13.7. The third kappa shape index (κ3) is 6.95. The summed E-state index contributed by atoms with van der Waals surface area (Å²) < 4.78 is 5.40. The van der Waals surface area contributed by atoms with Gasteiger partial charge >= 0.3 is 5.69 Å². The summed E-state index contributed by atoms with van der Waals surface area (Å²) >= 11 is 0. The first kappa shape index (κ1) is 32.1. The third-order valence-corrected chi connectivity index (χ3v) is 8.81. The molecule has 2 aliphatic rings. The summed E-state index contributed by atoms with van der Waals surface area (Å²) in [7, 11) is 0. The number of rotatable bonds is 12. The van der Waals surface area contributed by atoms with E-state index in [-0.39, 0.29) is 24.4 Å².